The van der Waals surface area contributed by atoms with E-state index in [0.717, 1.165) is 11.4 Å². The van der Waals surface area contributed by atoms with E-state index in [2.05, 4.69) is 10.2 Å². The van der Waals surface area contributed by atoms with Crippen LogP contribution in [0.2, 0.25) is 5.02 Å². The molecule has 0 spiro atoms. The Morgan fingerprint density at radius 1 is 1.30 bits per heavy atom. The summed E-state index contributed by atoms with van der Waals surface area (Å²) in [5.41, 5.74) is 1.13. The van der Waals surface area contributed by atoms with Crippen molar-refractivity contribution < 1.29 is 19.0 Å². The molecular weight excluding hydrogens is 428 g/mol. The molecule has 2 aromatic carbocycles. The molecule has 1 aromatic heterocycles. The van der Waals surface area contributed by atoms with Gasteiger partial charge in [0.25, 0.3) is 0 Å². The van der Waals surface area contributed by atoms with Crippen LogP contribution < -0.4 is 14.2 Å². The summed E-state index contributed by atoms with van der Waals surface area (Å²) in [5.74, 6) is 0.475. The number of rotatable bonds is 8. The Morgan fingerprint density at radius 3 is 2.73 bits per heavy atom. The second kappa shape index (κ2) is 10.0. The van der Waals surface area contributed by atoms with Gasteiger partial charge in [-0.15, -0.1) is 10.2 Å². The van der Waals surface area contributed by atoms with Gasteiger partial charge in [0.15, 0.2) is 16.7 Å². The molecule has 30 heavy (non-hydrogen) atoms. The van der Waals surface area contributed by atoms with Crippen LogP contribution in [-0.2, 0) is 4.79 Å². The lowest BCUT2D eigenvalue weighted by molar-refractivity contribution is -0.131. The molecule has 1 heterocycles. The lowest BCUT2D eigenvalue weighted by atomic mass is 10.2. The molecule has 0 fully saturated rings. The molecule has 0 radical (unpaired) electrons. The maximum absolute atomic E-state index is 12.4. The number of methoxy groups -OCH3 is 1. The lowest BCUT2D eigenvalue weighted by Gasteiger charge is -2.12. The van der Waals surface area contributed by atoms with Crippen LogP contribution in [0, 0.1) is 11.3 Å². The summed E-state index contributed by atoms with van der Waals surface area (Å²) in [5, 5.41) is 17.7. The van der Waals surface area contributed by atoms with Gasteiger partial charge in [0, 0.05) is 11.8 Å². The van der Waals surface area contributed by atoms with Crippen molar-refractivity contribution in [3.8, 4) is 29.0 Å². The van der Waals surface area contributed by atoms with E-state index in [-0.39, 0.29) is 22.3 Å². The summed E-state index contributed by atoms with van der Waals surface area (Å²) < 4.78 is 17.8. The Labute approximate surface area is 182 Å². The van der Waals surface area contributed by atoms with Crippen LogP contribution in [0.5, 0.6) is 17.2 Å². The number of ether oxygens (including phenoxy) is 3. The van der Waals surface area contributed by atoms with Crippen LogP contribution in [0.25, 0.3) is 5.69 Å². The van der Waals surface area contributed by atoms with Gasteiger partial charge in [-0.1, -0.05) is 23.4 Å². The van der Waals surface area contributed by atoms with E-state index >= 15 is 0 Å². The zero-order valence-electron chi connectivity index (χ0n) is 16.2. The van der Waals surface area contributed by atoms with Crippen molar-refractivity contribution in [1.29, 1.82) is 5.26 Å². The molecule has 0 N–H and O–H groups in total. The summed E-state index contributed by atoms with van der Waals surface area (Å²) in [6, 6.07) is 12.2. The molecule has 3 aromatic rings. The number of halogens is 1. The predicted molar refractivity (Wildman–Crippen MR) is 112 cm³/mol. The first-order valence-corrected chi connectivity index (χ1v) is 10.2. The molecular formula is C20H17ClN4O4S. The Balaban J connectivity index is 1.70. The average molecular weight is 445 g/mol. The molecule has 0 saturated carbocycles. The van der Waals surface area contributed by atoms with Gasteiger partial charge in [0.05, 0.1) is 36.1 Å². The molecule has 0 unspecified atom stereocenters. The fourth-order valence-corrected chi connectivity index (χ4v) is 3.46. The maximum Gasteiger partial charge on any atom is 0.321 e. The first-order chi connectivity index (χ1) is 14.5. The molecule has 0 atom stereocenters. The van der Waals surface area contributed by atoms with E-state index in [0.29, 0.717) is 17.3 Å². The SMILES string of the molecule is CCOc1cc(C#N)cc(Cl)c1OC(=O)CSc1nncn1-c1ccc(OC)cc1. The molecule has 0 amide bonds. The van der Waals surface area contributed by atoms with Crippen LogP contribution in [-0.4, -0.2) is 40.2 Å². The molecule has 0 bridgehead atoms. The van der Waals surface area contributed by atoms with Gasteiger partial charge < -0.3 is 14.2 Å². The second-order valence-corrected chi connectivity index (χ2v) is 7.12. The van der Waals surface area contributed by atoms with Crippen LogP contribution in [0.3, 0.4) is 0 Å². The van der Waals surface area contributed by atoms with Gasteiger partial charge in [-0.3, -0.25) is 9.36 Å². The molecule has 0 aliphatic rings. The van der Waals surface area contributed by atoms with Gasteiger partial charge in [0.2, 0.25) is 0 Å². The van der Waals surface area contributed by atoms with Crippen molar-refractivity contribution in [2.75, 3.05) is 19.5 Å². The summed E-state index contributed by atoms with van der Waals surface area (Å²) in [7, 11) is 1.59. The number of hydrogen-bond acceptors (Lipinski definition) is 8. The molecule has 0 aliphatic heterocycles. The summed E-state index contributed by atoms with van der Waals surface area (Å²) in [6.45, 7) is 2.11. The van der Waals surface area contributed by atoms with Crippen LogP contribution >= 0.6 is 23.4 Å². The molecule has 0 saturated heterocycles. The third-order valence-electron chi connectivity index (χ3n) is 3.84. The van der Waals surface area contributed by atoms with E-state index in [1.807, 2.05) is 30.3 Å². The van der Waals surface area contributed by atoms with Crippen molar-refractivity contribution in [1.82, 2.24) is 14.8 Å². The largest absolute Gasteiger partial charge is 0.497 e. The van der Waals surface area contributed by atoms with Gasteiger partial charge in [-0.2, -0.15) is 5.26 Å². The van der Waals surface area contributed by atoms with Crippen molar-refractivity contribution >= 4 is 29.3 Å². The first-order valence-electron chi connectivity index (χ1n) is 8.80. The van der Waals surface area contributed by atoms with Crippen LogP contribution in [0.15, 0.2) is 47.9 Å². The highest BCUT2D eigenvalue weighted by molar-refractivity contribution is 7.99. The summed E-state index contributed by atoms with van der Waals surface area (Å²) in [4.78, 5) is 12.4. The number of nitrogens with zero attached hydrogens (tertiary/aromatic N) is 4. The minimum Gasteiger partial charge on any atom is -0.497 e. The van der Waals surface area contributed by atoms with Gasteiger partial charge in [-0.25, -0.2) is 0 Å². The Hall–Kier alpha value is -3.22. The fourth-order valence-electron chi connectivity index (χ4n) is 2.50. The Morgan fingerprint density at radius 2 is 2.07 bits per heavy atom. The molecule has 10 heteroatoms. The quantitative estimate of drug-likeness (QED) is 0.293. The maximum atomic E-state index is 12.4. The van der Waals surface area contributed by atoms with E-state index in [1.165, 1.54) is 23.9 Å². The molecule has 3 rings (SSSR count). The Bertz CT molecular complexity index is 1080. The van der Waals surface area contributed by atoms with Crippen LogP contribution in [0.4, 0.5) is 0 Å². The zero-order valence-corrected chi connectivity index (χ0v) is 17.7. The third kappa shape index (κ3) is 5.03. The number of esters is 1. The Kier molecular flexibility index (Phi) is 7.17. The number of carbonyl (C=O) groups is 1. The molecule has 0 aliphatic carbocycles. The zero-order chi connectivity index (χ0) is 21.5. The van der Waals surface area contributed by atoms with Gasteiger partial charge in [-0.05, 0) is 37.3 Å². The number of thioether (sulfide) groups is 1. The van der Waals surface area contributed by atoms with E-state index in [1.54, 1.807) is 24.9 Å². The van der Waals surface area contributed by atoms with Gasteiger partial charge >= 0.3 is 5.97 Å². The number of benzene rings is 2. The predicted octanol–water partition coefficient (Wildman–Crippen LogP) is 3.90. The standard InChI is InChI=1S/C20H17ClN4O4S/c1-3-28-17-9-13(10-22)8-16(21)19(17)29-18(26)11-30-20-24-23-12-25(20)14-4-6-15(27-2)7-5-14/h4-9,12H,3,11H2,1-2H3. The number of hydrogen-bond donors (Lipinski definition) is 0. The summed E-state index contributed by atoms with van der Waals surface area (Å²) >= 11 is 7.34. The fraction of sp³-hybridized carbons (Fsp3) is 0.200. The summed E-state index contributed by atoms with van der Waals surface area (Å²) in [6.07, 6.45) is 1.56. The normalized spacial score (nSPS) is 10.3. The van der Waals surface area contributed by atoms with E-state index in [9.17, 15) is 4.79 Å². The first kappa shape index (κ1) is 21.5. The van der Waals surface area contributed by atoms with Crippen molar-refractivity contribution in [3.05, 3.63) is 53.3 Å². The topological polar surface area (TPSA) is 99.3 Å². The minimum absolute atomic E-state index is 0.0310. The monoisotopic (exact) mass is 444 g/mol. The number of aromatic nitrogens is 3. The average Bonchev–Trinajstić information content (AvgIpc) is 3.23. The smallest absolute Gasteiger partial charge is 0.321 e. The van der Waals surface area contributed by atoms with Gasteiger partial charge in [0.1, 0.15) is 12.1 Å². The van der Waals surface area contributed by atoms with Crippen molar-refractivity contribution in [3.63, 3.8) is 0 Å². The van der Waals surface area contributed by atoms with E-state index < -0.39 is 5.97 Å². The van der Waals surface area contributed by atoms with Crippen molar-refractivity contribution in [2.45, 2.75) is 12.1 Å². The minimum atomic E-state index is -0.545. The third-order valence-corrected chi connectivity index (χ3v) is 5.04. The number of carbonyl (C=O) groups excluding carboxylic acids is 1. The highest BCUT2D eigenvalue weighted by Gasteiger charge is 2.18. The molecule has 8 nitrogen and oxygen atoms in total. The van der Waals surface area contributed by atoms with Crippen LogP contribution in [0.1, 0.15) is 12.5 Å². The highest BCUT2D eigenvalue weighted by atomic mass is 35.5. The molecule has 154 valence electrons. The highest BCUT2D eigenvalue weighted by Crippen LogP contribution is 2.37. The number of nitriles is 1. The second-order valence-electron chi connectivity index (χ2n) is 5.77. The lowest BCUT2D eigenvalue weighted by Crippen LogP contribution is -2.13. The van der Waals surface area contributed by atoms with Crippen molar-refractivity contribution in [2.24, 2.45) is 0 Å². The van der Waals surface area contributed by atoms with E-state index in [4.69, 9.17) is 31.1 Å².